The molecule has 7 nitrogen and oxygen atoms in total. The van der Waals surface area contributed by atoms with Crippen LogP contribution in [0.25, 0.3) is 5.82 Å². The summed E-state index contributed by atoms with van der Waals surface area (Å²) in [4.78, 5) is 8.74. The van der Waals surface area contributed by atoms with E-state index in [-0.39, 0.29) is 5.75 Å². The fraction of sp³-hybridized carbons (Fsp3) is 0.176. The van der Waals surface area contributed by atoms with Crippen molar-refractivity contribution in [2.75, 3.05) is 5.43 Å². The van der Waals surface area contributed by atoms with Crippen LogP contribution in [0.5, 0.6) is 5.75 Å². The highest BCUT2D eigenvalue weighted by atomic mass is 79.9. The number of phenolic OH excluding ortho intramolecular Hbond substituents is 1. The lowest BCUT2D eigenvalue weighted by Crippen LogP contribution is -2.06. The van der Waals surface area contributed by atoms with Gasteiger partial charge in [-0.1, -0.05) is 15.9 Å². The fourth-order valence-electron chi connectivity index (χ4n) is 2.38. The van der Waals surface area contributed by atoms with E-state index in [1.54, 1.807) is 28.9 Å². The molecule has 8 heteroatoms. The van der Waals surface area contributed by atoms with E-state index in [9.17, 15) is 5.11 Å². The second-order valence-corrected chi connectivity index (χ2v) is 6.49. The fourth-order valence-corrected chi connectivity index (χ4v) is 2.75. The summed E-state index contributed by atoms with van der Waals surface area (Å²) in [6.45, 7) is 5.72. The minimum Gasteiger partial charge on any atom is -0.507 e. The number of phenols is 1. The zero-order valence-corrected chi connectivity index (χ0v) is 15.6. The zero-order chi connectivity index (χ0) is 18.0. The number of halogens is 1. The molecular formula is C17H17BrN6O. The monoisotopic (exact) mass is 400 g/mol. The van der Waals surface area contributed by atoms with Crippen LogP contribution in [0.1, 0.15) is 22.8 Å². The van der Waals surface area contributed by atoms with Crippen molar-refractivity contribution in [3.63, 3.8) is 0 Å². The molecule has 0 amide bonds. The molecule has 0 aliphatic rings. The van der Waals surface area contributed by atoms with Gasteiger partial charge in [0, 0.05) is 21.8 Å². The van der Waals surface area contributed by atoms with Gasteiger partial charge >= 0.3 is 0 Å². The Bertz CT molecular complexity index is 950. The molecule has 0 bridgehead atoms. The molecule has 3 aromatic rings. The van der Waals surface area contributed by atoms with Crippen LogP contribution in [0, 0.1) is 20.8 Å². The second kappa shape index (κ2) is 7.02. The number of benzene rings is 1. The van der Waals surface area contributed by atoms with E-state index >= 15 is 0 Å². The molecular weight excluding hydrogens is 384 g/mol. The van der Waals surface area contributed by atoms with E-state index < -0.39 is 0 Å². The van der Waals surface area contributed by atoms with Gasteiger partial charge in [0.25, 0.3) is 0 Å². The van der Waals surface area contributed by atoms with Gasteiger partial charge < -0.3 is 5.11 Å². The summed E-state index contributed by atoms with van der Waals surface area (Å²) in [6, 6.07) is 8.88. The third-order valence-corrected chi connectivity index (χ3v) is 3.92. The standard InChI is InChI=1S/C17H17BrN6O/c1-10-6-11(2)24(23-10)17-8-16(20-12(3)21-17)22-19-9-13-7-14(18)4-5-15(13)25/h4-9,25H,1-3H3,(H,20,21,22)/b19-9+. The predicted octanol–water partition coefficient (Wildman–Crippen LogP) is 3.50. The first-order valence-corrected chi connectivity index (χ1v) is 8.38. The number of hydrazone groups is 1. The van der Waals surface area contributed by atoms with Gasteiger partial charge in [-0.25, -0.2) is 14.6 Å². The molecule has 0 aliphatic heterocycles. The maximum absolute atomic E-state index is 9.82. The minimum atomic E-state index is 0.149. The number of aromatic nitrogens is 4. The van der Waals surface area contributed by atoms with Gasteiger partial charge in [-0.15, -0.1) is 0 Å². The Morgan fingerprint density at radius 2 is 1.96 bits per heavy atom. The van der Waals surface area contributed by atoms with Crippen LogP contribution in [0.15, 0.2) is 39.9 Å². The molecule has 2 aromatic heterocycles. The van der Waals surface area contributed by atoms with Crippen molar-refractivity contribution >= 4 is 28.0 Å². The van der Waals surface area contributed by atoms with Gasteiger partial charge in [-0.2, -0.15) is 10.2 Å². The zero-order valence-electron chi connectivity index (χ0n) is 14.0. The summed E-state index contributed by atoms with van der Waals surface area (Å²) >= 11 is 3.36. The van der Waals surface area contributed by atoms with Gasteiger partial charge in [-0.05, 0) is 45.0 Å². The molecule has 0 aliphatic carbocycles. The Morgan fingerprint density at radius 1 is 1.16 bits per heavy atom. The molecule has 0 radical (unpaired) electrons. The average molecular weight is 401 g/mol. The molecule has 0 saturated heterocycles. The predicted molar refractivity (Wildman–Crippen MR) is 100 cm³/mol. The molecule has 0 unspecified atom stereocenters. The number of rotatable bonds is 4. The number of nitrogens with zero attached hydrogens (tertiary/aromatic N) is 5. The van der Waals surface area contributed by atoms with Crippen LogP contribution < -0.4 is 5.43 Å². The van der Waals surface area contributed by atoms with Crippen molar-refractivity contribution in [3.8, 4) is 11.6 Å². The molecule has 1 aromatic carbocycles. The smallest absolute Gasteiger partial charge is 0.159 e. The SMILES string of the molecule is Cc1cc(C)n(-c2cc(N/N=C/c3cc(Br)ccc3O)nc(C)n2)n1. The summed E-state index contributed by atoms with van der Waals surface area (Å²) in [5, 5.41) is 18.4. The van der Waals surface area contributed by atoms with Gasteiger partial charge in [0.2, 0.25) is 0 Å². The lowest BCUT2D eigenvalue weighted by atomic mass is 10.2. The average Bonchev–Trinajstić information content (AvgIpc) is 2.89. The third kappa shape index (κ3) is 4.03. The van der Waals surface area contributed by atoms with Gasteiger partial charge in [0.15, 0.2) is 11.6 Å². The molecule has 0 fully saturated rings. The molecule has 2 N–H and O–H groups in total. The third-order valence-electron chi connectivity index (χ3n) is 3.42. The Balaban J connectivity index is 1.85. The van der Waals surface area contributed by atoms with E-state index in [1.165, 1.54) is 6.21 Å². The highest BCUT2D eigenvalue weighted by Gasteiger charge is 2.08. The molecule has 0 saturated carbocycles. The van der Waals surface area contributed by atoms with Gasteiger partial charge in [0.05, 0.1) is 11.9 Å². The Hall–Kier alpha value is -2.74. The van der Waals surface area contributed by atoms with Crippen molar-refractivity contribution in [1.29, 1.82) is 0 Å². The van der Waals surface area contributed by atoms with Crippen LogP contribution >= 0.6 is 15.9 Å². The van der Waals surface area contributed by atoms with Crippen LogP contribution in [0.2, 0.25) is 0 Å². The molecule has 25 heavy (non-hydrogen) atoms. The normalized spacial score (nSPS) is 11.2. The number of anilines is 1. The van der Waals surface area contributed by atoms with Crippen LogP contribution in [0.3, 0.4) is 0 Å². The van der Waals surface area contributed by atoms with Crippen LogP contribution in [-0.4, -0.2) is 31.1 Å². The summed E-state index contributed by atoms with van der Waals surface area (Å²) in [5.41, 5.74) is 5.37. The van der Waals surface area contributed by atoms with Crippen LogP contribution in [-0.2, 0) is 0 Å². The second-order valence-electron chi connectivity index (χ2n) is 5.57. The van der Waals surface area contributed by atoms with E-state index in [2.05, 4.69) is 41.5 Å². The van der Waals surface area contributed by atoms with Crippen molar-refractivity contribution in [2.24, 2.45) is 5.10 Å². The number of aryl methyl sites for hydroxylation is 3. The summed E-state index contributed by atoms with van der Waals surface area (Å²) in [6.07, 6.45) is 1.53. The highest BCUT2D eigenvalue weighted by molar-refractivity contribution is 9.10. The summed E-state index contributed by atoms with van der Waals surface area (Å²) in [7, 11) is 0. The quantitative estimate of drug-likeness (QED) is 0.516. The van der Waals surface area contributed by atoms with Crippen molar-refractivity contribution < 1.29 is 5.11 Å². The lowest BCUT2D eigenvalue weighted by molar-refractivity contribution is 0.474. The lowest BCUT2D eigenvalue weighted by Gasteiger charge is -2.07. The van der Waals surface area contributed by atoms with E-state index in [1.807, 2.05) is 26.8 Å². The molecule has 2 heterocycles. The molecule has 3 rings (SSSR count). The molecule has 128 valence electrons. The van der Waals surface area contributed by atoms with Gasteiger partial charge in [-0.3, -0.25) is 5.43 Å². The summed E-state index contributed by atoms with van der Waals surface area (Å²) < 4.78 is 2.62. The number of hydrogen-bond acceptors (Lipinski definition) is 6. The van der Waals surface area contributed by atoms with Crippen molar-refractivity contribution in [1.82, 2.24) is 19.7 Å². The molecule has 0 atom stereocenters. The largest absolute Gasteiger partial charge is 0.507 e. The van der Waals surface area contributed by atoms with Crippen LogP contribution in [0.4, 0.5) is 5.82 Å². The molecule has 0 spiro atoms. The number of hydrogen-bond donors (Lipinski definition) is 2. The maximum Gasteiger partial charge on any atom is 0.159 e. The maximum atomic E-state index is 9.82. The van der Waals surface area contributed by atoms with Gasteiger partial charge in [0.1, 0.15) is 11.6 Å². The van der Waals surface area contributed by atoms with Crippen molar-refractivity contribution in [3.05, 3.63) is 57.6 Å². The first-order valence-electron chi connectivity index (χ1n) is 7.59. The number of aromatic hydroxyl groups is 1. The summed E-state index contributed by atoms with van der Waals surface area (Å²) in [5.74, 6) is 1.96. The van der Waals surface area contributed by atoms with E-state index in [4.69, 9.17) is 0 Å². The minimum absolute atomic E-state index is 0.149. The Morgan fingerprint density at radius 3 is 2.68 bits per heavy atom. The first-order chi connectivity index (χ1) is 11.9. The Kier molecular flexibility index (Phi) is 4.80. The highest BCUT2D eigenvalue weighted by Crippen LogP contribution is 2.20. The van der Waals surface area contributed by atoms with E-state index in [0.29, 0.717) is 23.0 Å². The van der Waals surface area contributed by atoms with Crippen molar-refractivity contribution in [2.45, 2.75) is 20.8 Å². The Labute approximate surface area is 153 Å². The first kappa shape index (κ1) is 17.1. The van der Waals surface area contributed by atoms with E-state index in [0.717, 1.165) is 15.9 Å². The topological polar surface area (TPSA) is 88.2 Å². The number of nitrogens with one attached hydrogen (secondary N) is 1.